The van der Waals surface area contributed by atoms with Gasteiger partial charge < -0.3 is 0 Å². The Kier molecular flexibility index (Phi) is 3.32. The van der Waals surface area contributed by atoms with Crippen LogP contribution in [0.5, 0.6) is 0 Å². The highest BCUT2D eigenvalue weighted by Crippen LogP contribution is 2.34. The van der Waals surface area contributed by atoms with E-state index in [1.54, 1.807) is 0 Å². The van der Waals surface area contributed by atoms with Crippen LogP contribution in [0.15, 0.2) is 30.5 Å². The number of aromatic nitrogens is 2. The van der Waals surface area contributed by atoms with Crippen LogP contribution in [0.2, 0.25) is 0 Å². The number of halogens is 5. The summed E-state index contributed by atoms with van der Waals surface area (Å²) in [7, 11) is 0. The van der Waals surface area contributed by atoms with Crippen LogP contribution < -0.4 is 0 Å². The lowest BCUT2D eigenvalue weighted by atomic mass is 10.2. The molecule has 3 nitrogen and oxygen atoms in total. The molecule has 1 aromatic heterocycles. The number of benzene rings is 1. The Morgan fingerprint density at radius 3 is 2.26 bits per heavy atom. The maximum Gasteiger partial charge on any atom is 0.434 e. The number of nitrogens with zero attached hydrogens (tertiary/aromatic N) is 2. The van der Waals surface area contributed by atoms with Crippen LogP contribution in [0.25, 0.3) is 5.69 Å². The van der Waals surface area contributed by atoms with Crippen molar-refractivity contribution in [3.05, 3.63) is 47.5 Å². The van der Waals surface area contributed by atoms with E-state index in [-0.39, 0.29) is 5.69 Å². The number of carbonyl (C=O) groups excluding carboxylic acids is 1. The van der Waals surface area contributed by atoms with Gasteiger partial charge in [0.25, 0.3) is 5.24 Å². The van der Waals surface area contributed by atoms with Gasteiger partial charge in [-0.05, 0) is 35.9 Å². The largest absolute Gasteiger partial charge is 0.434 e. The average Bonchev–Trinajstić information content (AvgIpc) is 2.74. The molecule has 8 heteroatoms. The molecular weight excluding hydrogens is 288 g/mol. The molecule has 0 radical (unpaired) electrons. The molecule has 19 heavy (non-hydrogen) atoms. The lowest BCUT2D eigenvalue weighted by Crippen LogP contribution is -2.16. The van der Waals surface area contributed by atoms with Crippen molar-refractivity contribution in [1.29, 1.82) is 0 Å². The molecule has 0 spiro atoms. The predicted molar refractivity (Wildman–Crippen MR) is 58.7 cm³/mol. The first-order valence-corrected chi connectivity index (χ1v) is 5.29. The zero-order valence-corrected chi connectivity index (χ0v) is 9.84. The average molecular weight is 293 g/mol. The minimum atomic E-state index is -4.81. The van der Waals surface area contributed by atoms with E-state index in [0.29, 0.717) is 4.68 Å². The Hall–Kier alpha value is -1.89. The van der Waals surface area contributed by atoms with Gasteiger partial charge in [0.05, 0.1) is 17.4 Å². The van der Waals surface area contributed by atoms with E-state index in [9.17, 15) is 22.4 Å². The molecule has 0 amide bonds. The quantitative estimate of drug-likeness (QED) is 0.628. The second-order valence-electron chi connectivity index (χ2n) is 3.57. The Bertz CT molecular complexity index is 619. The van der Waals surface area contributed by atoms with Crippen LogP contribution in [0.1, 0.15) is 16.1 Å². The SMILES string of the molecule is O=C(Cl)c1cnn(-c2ccc(F)cc2)c1C(F)(F)F. The first-order valence-electron chi connectivity index (χ1n) is 4.91. The topological polar surface area (TPSA) is 34.9 Å². The zero-order valence-electron chi connectivity index (χ0n) is 9.08. The van der Waals surface area contributed by atoms with Gasteiger partial charge in [0.15, 0.2) is 5.69 Å². The third kappa shape index (κ3) is 2.60. The summed E-state index contributed by atoms with van der Waals surface area (Å²) in [6, 6.07) is 4.19. The molecule has 0 unspecified atom stereocenters. The molecular formula is C11H5ClF4N2O. The van der Waals surface area contributed by atoms with Gasteiger partial charge in [0.1, 0.15) is 5.82 Å². The lowest BCUT2D eigenvalue weighted by Gasteiger charge is -2.11. The second kappa shape index (κ2) is 4.65. The van der Waals surface area contributed by atoms with Crippen molar-refractivity contribution in [2.24, 2.45) is 0 Å². The highest BCUT2D eigenvalue weighted by atomic mass is 35.5. The summed E-state index contributed by atoms with van der Waals surface area (Å²) in [6.45, 7) is 0. The third-order valence-electron chi connectivity index (χ3n) is 2.32. The van der Waals surface area contributed by atoms with Crippen molar-refractivity contribution < 1.29 is 22.4 Å². The normalized spacial score (nSPS) is 11.6. The molecule has 2 rings (SSSR count). The fraction of sp³-hybridized carbons (Fsp3) is 0.0909. The highest BCUT2D eigenvalue weighted by molar-refractivity contribution is 6.67. The van der Waals surface area contributed by atoms with Crippen molar-refractivity contribution in [3.63, 3.8) is 0 Å². The van der Waals surface area contributed by atoms with E-state index in [4.69, 9.17) is 11.6 Å². The second-order valence-corrected chi connectivity index (χ2v) is 3.91. The van der Waals surface area contributed by atoms with Gasteiger partial charge in [0, 0.05) is 0 Å². The van der Waals surface area contributed by atoms with E-state index in [1.807, 2.05) is 0 Å². The van der Waals surface area contributed by atoms with Gasteiger partial charge in [0.2, 0.25) is 0 Å². The number of rotatable bonds is 2. The number of carbonyl (C=O) groups is 1. The van der Waals surface area contributed by atoms with Gasteiger partial charge in [-0.2, -0.15) is 18.3 Å². The van der Waals surface area contributed by atoms with Gasteiger partial charge in [-0.3, -0.25) is 4.79 Å². The number of alkyl halides is 3. The molecule has 2 aromatic rings. The molecule has 0 aliphatic rings. The van der Waals surface area contributed by atoms with E-state index < -0.39 is 28.5 Å². The van der Waals surface area contributed by atoms with Crippen LogP contribution in [0, 0.1) is 5.82 Å². The van der Waals surface area contributed by atoms with E-state index in [2.05, 4.69) is 5.10 Å². The zero-order chi connectivity index (χ0) is 14.2. The lowest BCUT2D eigenvalue weighted by molar-refractivity contribution is -0.143. The van der Waals surface area contributed by atoms with Gasteiger partial charge in [-0.25, -0.2) is 9.07 Å². The Morgan fingerprint density at radius 1 is 1.21 bits per heavy atom. The molecule has 1 heterocycles. The van der Waals surface area contributed by atoms with E-state index in [1.165, 1.54) is 0 Å². The maximum atomic E-state index is 12.9. The van der Waals surface area contributed by atoms with E-state index >= 15 is 0 Å². The molecule has 0 saturated carbocycles. The van der Waals surface area contributed by atoms with Crippen molar-refractivity contribution in [3.8, 4) is 5.69 Å². The third-order valence-corrected chi connectivity index (χ3v) is 2.52. The predicted octanol–water partition coefficient (Wildman–Crippen LogP) is 3.41. The maximum absolute atomic E-state index is 12.9. The summed E-state index contributed by atoms with van der Waals surface area (Å²) in [4.78, 5) is 11.0. The molecule has 0 fully saturated rings. The van der Waals surface area contributed by atoms with Crippen molar-refractivity contribution in [1.82, 2.24) is 9.78 Å². The smallest absolute Gasteiger partial charge is 0.275 e. The summed E-state index contributed by atoms with van der Waals surface area (Å²) in [6.07, 6.45) is -4.09. The molecule has 0 aliphatic heterocycles. The fourth-order valence-electron chi connectivity index (χ4n) is 1.54. The molecule has 0 aliphatic carbocycles. The fourth-order valence-corrected chi connectivity index (χ4v) is 1.68. The standard InChI is InChI=1S/C11H5ClF4N2O/c12-10(19)8-5-17-18(9(8)11(14,15)16)7-3-1-6(13)2-4-7/h1-5H. The summed E-state index contributed by atoms with van der Waals surface area (Å²) >= 11 is 5.09. The minimum Gasteiger partial charge on any atom is -0.275 e. The Labute approximate surface area is 109 Å². The Morgan fingerprint density at radius 2 is 1.79 bits per heavy atom. The molecule has 0 saturated heterocycles. The summed E-state index contributed by atoms with van der Waals surface area (Å²) in [5, 5.41) is 2.21. The number of hydrogen-bond donors (Lipinski definition) is 0. The molecule has 1 aromatic carbocycles. The van der Waals surface area contributed by atoms with Crippen molar-refractivity contribution in [2.75, 3.05) is 0 Å². The van der Waals surface area contributed by atoms with Gasteiger partial charge in [-0.1, -0.05) is 0 Å². The monoisotopic (exact) mass is 292 g/mol. The molecule has 0 bridgehead atoms. The van der Waals surface area contributed by atoms with Crippen LogP contribution in [0.4, 0.5) is 17.6 Å². The minimum absolute atomic E-state index is 0.0297. The number of hydrogen-bond acceptors (Lipinski definition) is 2. The first kappa shape index (κ1) is 13.5. The van der Waals surface area contributed by atoms with Crippen LogP contribution >= 0.6 is 11.6 Å². The van der Waals surface area contributed by atoms with Crippen LogP contribution in [-0.4, -0.2) is 15.0 Å². The first-order chi connectivity index (χ1) is 8.80. The van der Waals surface area contributed by atoms with Crippen LogP contribution in [-0.2, 0) is 6.18 Å². The molecule has 0 atom stereocenters. The summed E-state index contributed by atoms with van der Waals surface area (Å²) in [5.41, 5.74) is -2.07. The van der Waals surface area contributed by atoms with Gasteiger partial charge in [-0.15, -0.1) is 0 Å². The summed E-state index contributed by atoms with van der Waals surface area (Å²) in [5.74, 6) is -0.599. The van der Waals surface area contributed by atoms with E-state index in [0.717, 1.165) is 30.5 Å². The summed E-state index contributed by atoms with van der Waals surface area (Å²) < 4.78 is 52.0. The molecule has 100 valence electrons. The van der Waals surface area contributed by atoms with Crippen molar-refractivity contribution in [2.45, 2.75) is 6.18 Å². The van der Waals surface area contributed by atoms with Crippen LogP contribution in [0.3, 0.4) is 0 Å². The van der Waals surface area contributed by atoms with Gasteiger partial charge >= 0.3 is 6.18 Å². The highest BCUT2D eigenvalue weighted by Gasteiger charge is 2.40. The molecule has 0 N–H and O–H groups in total. The van der Waals surface area contributed by atoms with Crippen molar-refractivity contribution >= 4 is 16.8 Å². The Balaban J connectivity index is 2.64.